The number of azide groups is 1. The summed E-state index contributed by atoms with van der Waals surface area (Å²) in [6, 6.07) is -1.86. The number of hydrogen-bond acceptors (Lipinski definition) is 5. The van der Waals surface area contributed by atoms with Gasteiger partial charge in [0.1, 0.15) is 11.6 Å². The Labute approximate surface area is 115 Å². The summed E-state index contributed by atoms with van der Waals surface area (Å²) in [5.74, 6) is -1.86. The molecule has 9 nitrogen and oxygen atoms in total. The van der Waals surface area contributed by atoms with Crippen LogP contribution in [0.5, 0.6) is 0 Å². The maximum absolute atomic E-state index is 11.7. The summed E-state index contributed by atoms with van der Waals surface area (Å²) in [5.41, 5.74) is 7.71. The predicted octanol–water partition coefficient (Wildman–Crippen LogP) is 1.29. The van der Waals surface area contributed by atoms with Gasteiger partial charge in [0.05, 0.1) is 19.3 Å². The van der Waals surface area contributed by atoms with Crippen LogP contribution in [-0.4, -0.2) is 48.1 Å². The maximum atomic E-state index is 11.7. The molecule has 1 rings (SSSR count). The Hall–Kier alpha value is -1.99. The predicted molar refractivity (Wildman–Crippen MR) is 68.0 cm³/mol. The number of aliphatic carboxylic acids is 1. The van der Waals surface area contributed by atoms with E-state index in [9.17, 15) is 14.7 Å². The number of carboxylic acids is 1. The van der Waals surface area contributed by atoms with Gasteiger partial charge in [0.2, 0.25) is 0 Å². The molecule has 3 atom stereocenters. The first kappa shape index (κ1) is 16.1. The minimum Gasteiger partial charge on any atom is -0.480 e. The first-order valence-electron chi connectivity index (χ1n) is 6.09. The number of rotatable bonds is 4. The Morgan fingerprint density at radius 2 is 2.15 bits per heavy atom. The van der Waals surface area contributed by atoms with E-state index in [1.165, 1.54) is 0 Å². The Balaban J connectivity index is 2.77. The van der Waals surface area contributed by atoms with Gasteiger partial charge in [-0.1, -0.05) is 5.11 Å². The molecule has 0 aromatic heterocycles. The molecule has 1 saturated heterocycles. The fraction of sp³-hybridized carbons (Fsp3) is 0.818. The van der Waals surface area contributed by atoms with E-state index in [1.54, 1.807) is 20.8 Å². The Morgan fingerprint density at radius 3 is 2.65 bits per heavy atom. The largest absolute Gasteiger partial charge is 0.480 e. The number of amides is 1. The van der Waals surface area contributed by atoms with Crippen LogP contribution in [-0.2, 0) is 14.3 Å². The third-order valence-corrected chi connectivity index (χ3v) is 2.66. The molecule has 1 aliphatic rings. The monoisotopic (exact) mass is 286 g/mol. The van der Waals surface area contributed by atoms with E-state index in [2.05, 4.69) is 15.3 Å². The third-order valence-electron chi connectivity index (χ3n) is 2.66. The number of carbonyl (C=O) groups is 2. The van der Waals surface area contributed by atoms with Gasteiger partial charge in [0.25, 0.3) is 0 Å². The van der Waals surface area contributed by atoms with E-state index in [1.807, 2.05) is 0 Å². The van der Waals surface area contributed by atoms with Gasteiger partial charge in [-0.2, -0.15) is 0 Å². The Kier molecular flexibility index (Phi) is 5.18. The first-order chi connectivity index (χ1) is 9.24. The van der Waals surface area contributed by atoms with Crippen LogP contribution in [0.25, 0.3) is 10.4 Å². The van der Waals surface area contributed by atoms with Crippen molar-refractivity contribution >= 4 is 12.1 Å². The molecule has 0 bridgehead atoms. The second-order valence-corrected chi connectivity index (χ2v) is 5.44. The number of nitrogens with one attached hydrogen (secondary N) is 1. The van der Waals surface area contributed by atoms with E-state index in [0.29, 0.717) is 0 Å². The van der Waals surface area contributed by atoms with Crippen molar-refractivity contribution in [3.63, 3.8) is 0 Å². The molecular formula is C11H18N4O5. The zero-order valence-electron chi connectivity index (χ0n) is 11.6. The zero-order chi connectivity index (χ0) is 15.3. The molecule has 20 heavy (non-hydrogen) atoms. The minimum absolute atomic E-state index is 0.0937. The maximum Gasteiger partial charge on any atom is 0.408 e. The van der Waals surface area contributed by atoms with Crippen LogP contribution < -0.4 is 5.32 Å². The van der Waals surface area contributed by atoms with Gasteiger partial charge in [-0.05, 0) is 26.3 Å². The molecule has 1 amide bonds. The molecule has 0 aromatic rings. The number of alkyl carbamates (subject to hydrolysis) is 1. The van der Waals surface area contributed by atoms with Crippen molar-refractivity contribution in [2.45, 2.75) is 38.5 Å². The molecule has 1 heterocycles. The molecule has 0 saturated carbocycles. The van der Waals surface area contributed by atoms with Gasteiger partial charge in [0.15, 0.2) is 0 Å². The molecule has 0 aliphatic carbocycles. The van der Waals surface area contributed by atoms with Crippen LogP contribution in [0.1, 0.15) is 20.8 Å². The molecule has 2 N–H and O–H groups in total. The number of carboxylic acid groups (broad SMARTS) is 1. The molecule has 1 aliphatic heterocycles. The van der Waals surface area contributed by atoms with Crippen molar-refractivity contribution in [2.24, 2.45) is 11.0 Å². The van der Waals surface area contributed by atoms with Crippen LogP contribution in [0.4, 0.5) is 4.79 Å². The fourth-order valence-corrected chi connectivity index (χ4v) is 1.85. The van der Waals surface area contributed by atoms with Crippen molar-refractivity contribution < 1.29 is 24.2 Å². The Morgan fingerprint density at radius 1 is 1.50 bits per heavy atom. The van der Waals surface area contributed by atoms with Crippen LogP contribution in [0.3, 0.4) is 0 Å². The summed E-state index contributed by atoms with van der Waals surface area (Å²) < 4.78 is 10.1. The highest BCUT2D eigenvalue weighted by Gasteiger charge is 2.39. The van der Waals surface area contributed by atoms with Gasteiger partial charge in [-0.3, -0.25) is 0 Å². The second kappa shape index (κ2) is 6.44. The quantitative estimate of drug-likeness (QED) is 0.456. The number of hydrogen-bond donors (Lipinski definition) is 2. The normalized spacial score (nSPS) is 23.6. The summed E-state index contributed by atoms with van der Waals surface area (Å²) >= 11 is 0. The lowest BCUT2D eigenvalue weighted by Crippen LogP contribution is -2.50. The molecule has 0 spiro atoms. The van der Waals surface area contributed by atoms with Gasteiger partial charge >= 0.3 is 12.1 Å². The van der Waals surface area contributed by atoms with E-state index >= 15 is 0 Å². The summed E-state index contributed by atoms with van der Waals surface area (Å²) in [5, 5.41) is 15.0. The number of carbonyl (C=O) groups excluding carboxylic acids is 1. The summed E-state index contributed by atoms with van der Waals surface area (Å²) in [6.45, 7) is 5.24. The average molecular weight is 286 g/mol. The zero-order valence-corrected chi connectivity index (χ0v) is 11.6. The molecule has 0 radical (unpaired) electrons. The van der Waals surface area contributed by atoms with Crippen LogP contribution in [0, 0.1) is 5.92 Å². The lowest BCUT2D eigenvalue weighted by atomic mass is 9.95. The van der Waals surface area contributed by atoms with Gasteiger partial charge in [-0.25, -0.2) is 9.59 Å². The molecule has 0 aromatic carbocycles. The van der Waals surface area contributed by atoms with Crippen molar-refractivity contribution in [2.75, 3.05) is 13.2 Å². The van der Waals surface area contributed by atoms with Crippen molar-refractivity contribution in [1.82, 2.24) is 5.32 Å². The van der Waals surface area contributed by atoms with Crippen molar-refractivity contribution in [1.29, 1.82) is 0 Å². The highest BCUT2D eigenvalue weighted by molar-refractivity contribution is 5.80. The van der Waals surface area contributed by atoms with Gasteiger partial charge in [-0.15, -0.1) is 0 Å². The van der Waals surface area contributed by atoms with Gasteiger partial charge < -0.3 is 19.9 Å². The van der Waals surface area contributed by atoms with Crippen LogP contribution in [0.15, 0.2) is 5.11 Å². The van der Waals surface area contributed by atoms with E-state index in [0.717, 1.165) is 0 Å². The number of nitrogens with zero attached hydrogens (tertiary/aromatic N) is 3. The average Bonchev–Trinajstić information content (AvgIpc) is 2.71. The minimum atomic E-state index is -1.23. The van der Waals surface area contributed by atoms with Crippen LogP contribution in [0.2, 0.25) is 0 Å². The third kappa shape index (κ3) is 4.60. The van der Waals surface area contributed by atoms with Gasteiger partial charge in [0, 0.05) is 10.8 Å². The topological polar surface area (TPSA) is 134 Å². The lowest BCUT2D eigenvalue weighted by molar-refractivity contribution is -0.141. The van der Waals surface area contributed by atoms with Crippen molar-refractivity contribution in [3.8, 4) is 0 Å². The van der Waals surface area contributed by atoms with Crippen LogP contribution >= 0.6 is 0 Å². The highest BCUT2D eigenvalue weighted by atomic mass is 16.6. The smallest absolute Gasteiger partial charge is 0.408 e. The number of ether oxygens (including phenoxy) is 2. The molecule has 9 heteroatoms. The second-order valence-electron chi connectivity index (χ2n) is 5.44. The molecule has 1 unspecified atom stereocenters. The summed E-state index contributed by atoms with van der Waals surface area (Å²) in [6.07, 6.45) is -0.837. The van der Waals surface area contributed by atoms with E-state index < -0.39 is 35.7 Å². The van der Waals surface area contributed by atoms with E-state index in [-0.39, 0.29) is 13.2 Å². The standard InChI is InChI=1S/C11H18N4O5/c1-11(2,3)20-10(18)13-8(9(16)17)6-4-19-5-7(6)14-15-12/h6-8H,4-5H2,1-3H3,(H,13,18)(H,16,17)/t6-,7+,8?/m0/s1. The fourth-order valence-electron chi connectivity index (χ4n) is 1.85. The summed E-state index contributed by atoms with van der Waals surface area (Å²) in [4.78, 5) is 25.6. The molecular weight excluding hydrogens is 268 g/mol. The lowest BCUT2D eigenvalue weighted by Gasteiger charge is -2.25. The highest BCUT2D eigenvalue weighted by Crippen LogP contribution is 2.22. The Bertz CT molecular complexity index is 427. The SMILES string of the molecule is CC(C)(C)OC(=O)NC(C(=O)O)[C@H]1COC[C@H]1N=[N+]=[N-]. The molecule has 1 fully saturated rings. The van der Waals surface area contributed by atoms with Crippen molar-refractivity contribution in [3.05, 3.63) is 10.4 Å². The summed E-state index contributed by atoms with van der Waals surface area (Å²) in [7, 11) is 0. The first-order valence-corrected chi connectivity index (χ1v) is 6.09. The molecule has 112 valence electrons. The van der Waals surface area contributed by atoms with E-state index in [4.69, 9.17) is 15.0 Å².